The number of aliphatic hydroxyl groups is 1. The van der Waals surface area contributed by atoms with Crippen LogP contribution < -0.4 is 5.32 Å². The lowest BCUT2D eigenvalue weighted by Crippen LogP contribution is -2.16. The fourth-order valence-corrected chi connectivity index (χ4v) is 3.97. The molecule has 2 heterocycles. The molecule has 0 radical (unpaired) electrons. The standard InChI is InChI=1S/C23H21FN4O2/c24-16-9-7-14(8-10-16)20-12-22-26-19-6-2-5-18(19)23(28(22)27-20)25-13-21(30)15-3-1-4-17(29)11-15/h1,3-4,7-12,21,25,29-30H,2,5-6,13H2/t21-/m0/s1. The monoisotopic (exact) mass is 404 g/mol. The highest BCUT2D eigenvalue weighted by molar-refractivity contribution is 5.67. The summed E-state index contributed by atoms with van der Waals surface area (Å²) < 4.78 is 15.0. The highest BCUT2D eigenvalue weighted by atomic mass is 19.1. The summed E-state index contributed by atoms with van der Waals surface area (Å²) in [4.78, 5) is 4.77. The van der Waals surface area contributed by atoms with E-state index in [1.807, 2.05) is 6.07 Å². The first-order chi connectivity index (χ1) is 14.6. The van der Waals surface area contributed by atoms with E-state index in [2.05, 4.69) is 5.32 Å². The number of rotatable bonds is 5. The lowest BCUT2D eigenvalue weighted by Gasteiger charge is -2.16. The molecule has 0 aliphatic heterocycles. The number of phenolic OH excluding ortho intramolecular Hbond substituents is 1. The molecule has 5 rings (SSSR count). The summed E-state index contributed by atoms with van der Waals surface area (Å²) in [6.45, 7) is 0.265. The Morgan fingerprint density at radius 3 is 2.73 bits per heavy atom. The van der Waals surface area contributed by atoms with E-state index in [4.69, 9.17) is 10.1 Å². The van der Waals surface area contributed by atoms with Crippen molar-refractivity contribution in [3.05, 3.63) is 77.2 Å². The molecule has 4 aromatic rings. The minimum atomic E-state index is -0.788. The second kappa shape index (κ2) is 7.42. The molecular weight excluding hydrogens is 383 g/mol. The number of benzene rings is 2. The van der Waals surface area contributed by atoms with Gasteiger partial charge in [0.1, 0.15) is 17.4 Å². The molecule has 30 heavy (non-hydrogen) atoms. The molecule has 3 N–H and O–H groups in total. The lowest BCUT2D eigenvalue weighted by atomic mass is 10.1. The first-order valence-electron chi connectivity index (χ1n) is 9.97. The molecule has 0 bridgehead atoms. The second-order valence-corrected chi connectivity index (χ2v) is 7.54. The molecule has 2 aromatic heterocycles. The maximum absolute atomic E-state index is 13.3. The average molecular weight is 404 g/mol. The second-order valence-electron chi connectivity index (χ2n) is 7.54. The van der Waals surface area contributed by atoms with Gasteiger partial charge >= 0.3 is 0 Å². The quantitative estimate of drug-likeness (QED) is 0.470. The molecule has 0 saturated heterocycles. The van der Waals surface area contributed by atoms with E-state index in [1.165, 1.54) is 12.1 Å². The molecule has 0 amide bonds. The molecule has 0 fully saturated rings. The van der Waals surface area contributed by atoms with E-state index < -0.39 is 6.10 Å². The summed E-state index contributed by atoms with van der Waals surface area (Å²) in [6.07, 6.45) is 2.05. The summed E-state index contributed by atoms with van der Waals surface area (Å²) in [7, 11) is 0. The van der Waals surface area contributed by atoms with E-state index in [0.29, 0.717) is 16.9 Å². The van der Waals surface area contributed by atoms with Gasteiger partial charge in [-0.15, -0.1) is 0 Å². The molecular formula is C23H21FN4O2. The van der Waals surface area contributed by atoms with Gasteiger partial charge in [0.05, 0.1) is 11.8 Å². The Labute approximate surface area is 172 Å². The minimum absolute atomic E-state index is 0.120. The lowest BCUT2D eigenvalue weighted by molar-refractivity contribution is 0.191. The van der Waals surface area contributed by atoms with Crippen molar-refractivity contribution in [3.63, 3.8) is 0 Å². The van der Waals surface area contributed by atoms with Gasteiger partial charge in [-0.3, -0.25) is 0 Å². The molecule has 152 valence electrons. The third kappa shape index (κ3) is 3.37. The number of hydrogen-bond acceptors (Lipinski definition) is 5. The Morgan fingerprint density at radius 2 is 1.93 bits per heavy atom. The predicted octanol–water partition coefficient (Wildman–Crippen LogP) is 3.88. The van der Waals surface area contributed by atoms with Crippen molar-refractivity contribution in [1.82, 2.24) is 14.6 Å². The van der Waals surface area contributed by atoms with Crippen molar-refractivity contribution < 1.29 is 14.6 Å². The van der Waals surface area contributed by atoms with Crippen LogP contribution in [0.3, 0.4) is 0 Å². The summed E-state index contributed by atoms with van der Waals surface area (Å²) in [5, 5.41) is 28.3. The zero-order valence-corrected chi connectivity index (χ0v) is 16.2. The number of nitrogens with zero attached hydrogens (tertiary/aromatic N) is 3. The Kier molecular flexibility index (Phi) is 4.59. The Morgan fingerprint density at radius 1 is 1.10 bits per heavy atom. The highest BCUT2D eigenvalue weighted by Crippen LogP contribution is 2.31. The summed E-state index contributed by atoms with van der Waals surface area (Å²) >= 11 is 0. The van der Waals surface area contributed by atoms with Gasteiger partial charge in [0.15, 0.2) is 5.65 Å². The number of aliphatic hydroxyl groups excluding tert-OH is 1. The van der Waals surface area contributed by atoms with Gasteiger partial charge in [0, 0.05) is 29.4 Å². The first kappa shape index (κ1) is 18.6. The predicted molar refractivity (Wildman–Crippen MR) is 112 cm³/mol. The van der Waals surface area contributed by atoms with Crippen molar-refractivity contribution in [2.75, 3.05) is 11.9 Å². The molecule has 6 nitrogen and oxygen atoms in total. The number of aryl methyl sites for hydroxylation is 1. The van der Waals surface area contributed by atoms with E-state index >= 15 is 0 Å². The maximum Gasteiger partial charge on any atom is 0.158 e. The largest absolute Gasteiger partial charge is 0.508 e. The third-order valence-electron chi connectivity index (χ3n) is 5.48. The van der Waals surface area contributed by atoms with Crippen molar-refractivity contribution in [3.8, 4) is 17.0 Å². The number of hydrogen-bond donors (Lipinski definition) is 3. The maximum atomic E-state index is 13.3. The van der Waals surface area contributed by atoms with Crippen LogP contribution in [0.4, 0.5) is 10.2 Å². The zero-order valence-electron chi connectivity index (χ0n) is 16.2. The number of aromatic nitrogens is 3. The van der Waals surface area contributed by atoms with Crippen LogP contribution in [0.2, 0.25) is 0 Å². The van der Waals surface area contributed by atoms with Gasteiger partial charge in [0.2, 0.25) is 0 Å². The van der Waals surface area contributed by atoms with Crippen LogP contribution in [0.15, 0.2) is 54.6 Å². The minimum Gasteiger partial charge on any atom is -0.508 e. The molecule has 2 aromatic carbocycles. The average Bonchev–Trinajstić information content (AvgIpc) is 3.38. The summed E-state index contributed by atoms with van der Waals surface area (Å²) in [5.41, 5.74) is 5.03. The Bertz CT molecular complexity index is 1220. The van der Waals surface area contributed by atoms with Crippen molar-refractivity contribution >= 4 is 11.5 Å². The fraction of sp³-hybridized carbons (Fsp3) is 0.217. The first-order valence-corrected chi connectivity index (χ1v) is 9.97. The third-order valence-corrected chi connectivity index (χ3v) is 5.48. The molecule has 1 aliphatic carbocycles. The number of phenols is 1. The summed E-state index contributed by atoms with van der Waals surface area (Å²) in [5.74, 6) is 0.651. The van der Waals surface area contributed by atoms with Crippen LogP contribution in [0.5, 0.6) is 5.75 Å². The highest BCUT2D eigenvalue weighted by Gasteiger charge is 2.22. The molecule has 1 atom stereocenters. The zero-order chi connectivity index (χ0) is 20.7. The van der Waals surface area contributed by atoms with Gasteiger partial charge in [-0.2, -0.15) is 9.61 Å². The molecule has 1 aliphatic rings. The van der Waals surface area contributed by atoms with Crippen LogP contribution in [0.1, 0.15) is 29.3 Å². The van der Waals surface area contributed by atoms with E-state index in [0.717, 1.165) is 41.9 Å². The molecule has 0 saturated carbocycles. The summed E-state index contributed by atoms with van der Waals surface area (Å²) in [6, 6.07) is 14.7. The molecule has 0 spiro atoms. The number of halogens is 1. The van der Waals surface area contributed by atoms with Gasteiger partial charge < -0.3 is 15.5 Å². The normalized spacial score (nSPS) is 14.1. The smallest absolute Gasteiger partial charge is 0.158 e. The Hall–Kier alpha value is -3.45. The number of fused-ring (bicyclic) bond motifs is 2. The van der Waals surface area contributed by atoms with Gasteiger partial charge in [-0.1, -0.05) is 12.1 Å². The molecule has 7 heteroatoms. The van der Waals surface area contributed by atoms with Gasteiger partial charge in [-0.25, -0.2) is 9.37 Å². The Balaban J connectivity index is 1.50. The van der Waals surface area contributed by atoms with Crippen LogP contribution in [0.25, 0.3) is 16.9 Å². The van der Waals surface area contributed by atoms with Gasteiger partial charge in [-0.05, 0) is 61.2 Å². The van der Waals surface area contributed by atoms with Crippen LogP contribution >= 0.6 is 0 Å². The van der Waals surface area contributed by atoms with Crippen LogP contribution in [-0.4, -0.2) is 31.4 Å². The van der Waals surface area contributed by atoms with Crippen molar-refractivity contribution in [2.24, 2.45) is 0 Å². The topological polar surface area (TPSA) is 82.7 Å². The number of aromatic hydroxyl groups is 1. The van der Waals surface area contributed by atoms with Crippen LogP contribution in [0, 0.1) is 5.82 Å². The van der Waals surface area contributed by atoms with E-state index in [1.54, 1.807) is 40.9 Å². The van der Waals surface area contributed by atoms with Crippen molar-refractivity contribution in [1.29, 1.82) is 0 Å². The van der Waals surface area contributed by atoms with E-state index in [9.17, 15) is 14.6 Å². The fourth-order valence-electron chi connectivity index (χ4n) is 3.97. The van der Waals surface area contributed by atoms with E-state index in [-0.39, 0.29) is 18.1 Å². The SMILES string of the molecule is Oc1cccc([C@@H](O)CNc2c3c(nc4cc(-c5ccc(F)cc5)nn24)CCC3)c1. The number of nitrogens with one attached hydrogen (secondary N) is 1. The number of anilines is 1. The van der Waals surface area contributed by atoms with Gasteiger partial charge in [0.25, 0.3) is 0 Å². The van der Waals surface area contributed by atoms with Crippen molar-refractivity contribution in [2.45, 2.75) is 25.4 Å². The molecule has 0 unspecified atom stereocenters. The van der Waals surface area contributed by atoms with Crippen LogP contribution in [-0.2, 0) is 12.8 Å².